The molecular formula is C18H15Cl4N3O3S2. The highest BCUT2D eigenvalue weighted by Gasteiger charge is 2.24. The summed E-state index contributed by atoms with van der Waals surface area (Å²) in [6, 6.07) is 8.93. The lowest BCUT2D eigenvalue weighted by Crippen LogP contribution is -2.44. The second kappa shape index (κ2) is 10.7. The Hall–Kier alpha value is -1.55. The number of hydrogen-bond acceptors (Lipinski definition) is 4. The molecule has 3 N–H and O–H groups in total. The van der Waals surface area contributed by atoms with E-state index in [4.69, 9.17) is 58.6 Å². The second-order valence-corrected chi connectivity index (χ2v) is 9.96. The third kappa shape index (κ3) is 7.01. The van der Waals surface area contributed by atoms with Gasteiger partial charge in [-0.2, -0.15) is 0 Å². The van der Waals surface area contributed by atoms with E-state index in [0.717, 1.165) is 0 Å². The summed E-state index contributed by atoms with van der Waals surface area (Å²) >= 11 is 29.2. The van der Waals surface area contributed by atoms with Gasteiger partial charge in [0.1, 0.15) is 0 Å². The molecule has 0 saturated heterocycles. The standard InChI is InChI=1S/C18H15Cl4N3O3S2/c1-10(26)24-25-18(29)23-8-17(14-5-4-13(20)7-16(14)22)30(27,28)9-11-2-3-12(19)6-15(11)21/h2-8H,9H2,1H3,(H,24,26)(H2,23,25,29). The molecule has 0 saturated carbocycles. The highest BCUT2D eigenvalue weighted by molar-refractivity contribution is 7.99. The molecule has 6 nitrogen and oxygen atoms in total. The average molecular weight is 527 g/mol. The minimum atomic E-state index is -3.96. The lowest BCUT2D eigenvalue weighted by Gasteiger charge is -2.14. The van der Waals surface area contributed by atoms with Gasteiger partial charge in [0.15, 0.2) is 14.9 Å². The Bertz CT molecular complexity index is 1120. The van der Waals surface area contributed by atoms with Crippen molar-refractivity contribution in [1.29, 1.82) is 0 Å². The van der Waals surface area contributed by atoms with Crippen LogP contribution in [-0.4, -0.2) is 19.4 Å². The molecule has 0 heterocycles. The van der Waals surface area contributed by atoms with Crippen LogP contribution in [0.2, 0.25) is 20.1 Å². The fraction of sp³-hybridized carbons (Fsp3) is 0.111. The summed E-state index contributed by atoms with van der Waals surface area (Å²) in [6.45, 7) is 1.28. The average Bonchev–Trinajstić information content (AvgIpc) is 2.63. The molecule has 30 heavy (non-hydrogen) atoms. The molecule has 160 valence electrons. The lowest BCUT2D eigenvalue weighted by atomic mass is 10.2. The van der Waals surface area contributed by atoms with Crippen LogP contribution in [0, 0.1) is 0 Å². The van der Waals surface area contributed by atoms with Crippen molar-refractivity contribution in [3.63, 3.8) is 0 Å². The first-order valence-corrected chi connectivity index (χ1v) is 11.7. The van der Waals surface area contributed by atoms with Gasteiger partial charge in [-0.15, -0.1) is 0 Å². The second-order valence-electron chi connectivity index (χ2n) is 5.91. The molecular weight excluding hydrogens is 512 g/mol. The summed E-state index contributed by atoms with van der Waals surface area (Å²) in [5, 5.41) is 3.64. The van der Waals surface area contributed by atoms with E-state index in [1.165, 1.54) is 43.5 Å². The van der Waals surface area contributed by atoms with E-state index in [0.29, 0.717) is 15.6 Å². The fourth-order valence-electron chi connectivity index (χ4n) is 2.26. The maximum Gasteiger partial charge on any atom is 0.235 e. The Kier molecular flexibility index (Phi) is 8.78. The zero-order chi connectivity index (χ0) is 22.5. The predicted octanol–water partition coefficient (Wildman–Crippen LogP) is 4.73. The zero-order valence-corrected chi connectivity index (χ0v) is 20.0. The van der Waals surface area contributed by atoms with E-state index < -0.39 is 15.6 Å². The number of carbonyl (C=O) groups is 1. The number of carbonyl (C=O) groups excluding carboxylic acids is 1. The summed E-state index contributed by atoms with van der Waals surface area (Å²) in [5.74, 6) is -0.796. The third-order valence-corrected chi connectivity index (χ3v) is 6.63. The number of halogens is 4. The van der Waals surface area contributed by atoms with Crippen molar-refractivity contribution in [2.75, 3.05) is 0 Å². The van der Waals surface area contributed by atoms with E-state index >= 15 is 0 Å². The number of nitrogens with one attached hydrogen (secondary N) is 3. The third-order valence-electron chi connectivity index (χ3n) is 3.58. The van der Waals surface area contributed by atoms with Crippen LogP contribution < -0.4 is 16.2 Å². The van der Waals surface area contributed by atoms with Gasteiger partial charge in [0.2, 0.25) is 5.91 Å². The first kappa shape index (κ1) is 24.7. The molecule has 0 radical (unpaired) electrons. The molecule has 1 amide bonds. The Labute approximate surface area is 199 Å². The quantitative estimate of drug-likeness (QED) is 0.385. The number of benzene rings is 2. The van der Waals surface area contributed by atoms with Crippen LogP contribution in [0.5, 0.6) is 0 Å². The minimum Gasteiger partial charge on any atom is -0.337 e. The highest BCUT2D eigenvalue weighted by atomic mass is 35.5. The summed E-state index contributed by atoms with van der Waals surface area (Å²) in [4.78, 5) is 10.8. The van der Waals surface area contributed by atoms with Crippen LogP contribution in [0.1, 0.15) is 18.1 Å². The van der Waals surface area contributed by atoms with Gasteiger partial charge in [0.05, 0.1) is 15.7 Å². The molecule has 0 spiro atoms. The first-order valence-electron chi connectivity index (χ1n) is 8.15. The Morgan fingerprint density at radius 2 is 1.60 bits per heavy atom. The first-order chi connectivity index (χ1) is 14.0. The van der Waals surface area contributed by atoms with Gasteiger partial charge in [-0.3, -0.25) is 15.6 Å². The van der Waals surface area contributed by atoms with Crippen molar-refractivity contribution in [2.45, 2.75) is 12.7 Å². The summed E-state index contributed by atoms with van der Waals surface area (Å²) in [7, 11) is -3.96. The van der Waals surface area contributed by atoms with E-state index in [2.05, 4.69) is 16.2 Å². The number of hydrogen-bond donors (Lipinski definition) is 3. The molecule has 0 unspecified atom stereocenters. The Morgan fingerprint density at radius 1 is 1.00 bits per heavy atom. The Morgan fingerprint density at radius 3 is 2.17 bits per heavy atom. The maximum atomic E-state index is 13.2. The van der Waals surface area contributed by atoms with Crippen molar-refractivity contribution in [3.05, 3.63) is 73.8 Å². The van der Waals surface area contributed by atoms with Gasteiger partial charge in [-0.05, 0) is 42.0 Å². The van der Waals surface area contributed by atoms with Crippen LogP contribution in [0.25, 0.3) is 4.91 Å². The van der Waals surface area contributed by atoms with Crippen molar-refractivity contribution in [3.8, 4) is 0 Å². The molecule has 0 fully saturated rings. The molecule has 12 heteroatoms. The molecule has 0 aliphatic rings. The molecule has 2 rings (SSSR count). The van der Waals surface area contributed by atoms with Crippen LogP contribution in [-0.2, 0) is 20.4 Å². The van der Waals surface area contributed by atoms with Gasteiger partial charge in [-0.1, -0.05) is 58.5 Å². The summed E-state index contributed by atoms with van der Waals surface area (Å²) < 4.78 is 26.5. The maximum absolute atomic E-state index is 13.2. The van der Waals surface area contributed by atoms with E-state index in [1.54, 1.807) is 6.07 Å². The zero-order valence-electron chi connectivity index (χ0n) is 15.3. The molecule has 2 aromatic carbocycles. The summed E-state index contributed by atoms with van der Waals surface area (Å²) in [5.41, 5.74) is 5.26. The fourth-order valence-corrected chi connectivity index (χ4v) is 5.06. The summed E-state index contributed by atoms with van der Waals surface area (Å²) in [6.07, 6.45) is 1.17. The minimum absolute atomic E-state index is 0.0347. The van der Waals surface area contributed by atoms with Crippen LogP contribution in [0.4, 0.5) is 0 Å². The van der Waals surface area contributed by atoms with Gasteiger partial charge in [0.25, 0.3) is 0 Å². The van der Waals surface area contributed by atoms with Gasteiger partial charge in [0, 0.05) is 33.8 Å². The van der Waals surface area contributed by atoms with E-state index in [-0.39, 0.29) is 31.5 Å². The van der Waals surface area contributed by atoms with Crippen LogP contribution >= 0.6 is 58.6 Å². The smallest absolute Gasteiger partial charge is 0.235 e. The highest BCUT2D eigenvalue weighted by Crippen LogP contribution is 2.33. The van der Waals surface area contributed by atoms with Crippen molar-refractivity contribution < 1.29 is 13.2 Å². The largest absolute Gasteiger partial charge is 0.337 e. The van der Waals surface area contributed by atoms with E-state index in [9.17, 15) is 13.2 Å². The Balaban J connectivity index is 2.44. The molecule has 0 bridgehead atoms. The van der Waals surface area contributed by atoms with Crippen molar-refractivity contribution in [2.24, 2.45) is 0 Å². The topological polar surface area (TPSA) is 87.3 Å². The molecule has 0 atom stereocenters. The number of thiocarbonyl (C=S) groups is 1. The predicted molar refractivity (Wildman–Crippen MR) is 126 cm³/mol. The van der Waals surface area contributed by atoms with E-state index in [1.807, 2.05) is 0 Å². The van der Waals surface area contributed by atoms with Crippen molar-refractivity contribution >= 4 is 84.4 Å². The van der Waals surface area contributed by atoms with Gasteiger partial charge >= 0.3 is 0 Å². The lowest BCUT2D eigenvalue weighted by molar-refractivity contribution is -0.119. The molecule has 0 aliphatic carbocycles. The van der Waals surface area contributed by atoms with Crippen LogP contribution in [0.15, 0.2) is 42.6 Å². The number of hydrazine groups is 1. The normalized spacial score (nSPS) is 11.7. The molecule has 2 aromatic rings. The van der Waals surface area contributed by atoms with Gasteiger partial charge < -0.3 is 5.32 Å². The van der Waals surface area contributed by atoms with Gasteiger partial charge in [-0.25, -0.2) is 8.42 Å². The molecule has 0 aliphatic heterocycles. The monoisotopic (exact) mass is 525 g/mol. The molecule has 0 aromatic heterocycles. The van der Waals surface area contributed by atoms with Crippen LogP contribution in [0.3, 0.4) is 0 Å². The number of sulfone groups is 1. The van der Waals surface area contributed by atoms with Crippen molar-refractivity contribution in [1.82, 2.24) is 16.2 Å². The number of rotatable bonds is 5. The SMILES string of the molecule is CC(=O)NNC(=S)NC=C(c1ccc(Cl)cc1Cl)S(=O)(=O)Cc1ccc(Cl)cc1Cl. The number of amides is 1.